The number of methoxy groups -OCH3 is 1. The highest BCUT2D eigenvalue weighted by Gasteiger charge is 2.55. The van der Waals surface area contributed by atoms with Crippen LogP contribution in [0.3, 0.4) is 0 Å². The van der Waals surface area contributed by atoms with Gasteiger partial charge in [0.15, 0.2) is 17.5 Å². The van der Waals surface area contributed by atoms with Gasteiger partial charge in [0.1, 0.15) is 11.7 Å². The summed E-state index contributed by atoms with van der Waals surface area (Å²) in [5.74, 6) is -7.10. The van der Waals surface area contributed by atoms with Gasteiger partial charge in [0.05, 0.1) is 47.3 Å². The van der Waals surface area contributed by atoms with Crippen LogP contribution in [0.5, 0.6) is 0 Å². The highest BCUT2D eigenvalue weighted by Crippen LogP contribution is 2.61. The largest absolute Gasteiger partial charge is 0.395 e. The molecule has 43 heavy (non-hydrogen) atoms. The lowest BCUT2D eigenvalue weighted by Gasteiger charge is -2.53. The Morgan fingerprint density at radius 3 is 2.33 bits per heavy atom. The summed E-state index contributed by atoms with van der Waals surface area (Å²) in [6.45, 7) is 3.47. The summed E-state index contributed by atoms with van der Waals surface area (Å²) in [4.78, 5) is 0. The van der Waals surface area contributed by atoms with Gasteiger partial charge in [0.25, 0.3) is 0 Å². The summed E-state index contributed by atoms with van der Waals surface area (Å²) in [5, 5.41) is 49.2. The second kappa shape index (κ2) is 12.0. The van der Waals surface area contributed by atoms with Crippen molar-refractivity contribution < 1.29 is 42.0 Å². The van der Waals surface area contributed by atoms with Crippen molar-refractivity contribution in [3.05, 3.63) is 47.2 Å². The number of aromatic nitrogens is 6. The first-order valence-electron chi connectivity index (χ1n) is 14.0. The minimum absolute atomic E-state index is 0.0112. The maximum Gasteiger partial charge on any atom is 0.248 e. The molecule has 16 heteroatoms. The summed E-state index contributed by atoms with van der Waals surface area (Å²) in [6, 6.07) is 0.637. The number of benzene rings is 1. The summed E-state index contributed by atoms with van der Waals surface area (Å²) >= 11 is 0. The molecule has 3 heterocycles. The molecule has 1 aliphatic heterocycles. The molecule has 1 aromatic carbocycles. The normalized spacial score (nSPS) is 28.6. The van der Waals surface area contributed by atoms with E-state index in [2.05, 4.69) is 20.6 Å². The Morgan fingerprint density at radius 2 is 1.74 bits per heavy atom. The number of aryl methyl sites for hydroxylation is 2. The van der Waals surface area contributed by atoms with Gasteiger partial charge in [-0.2, -0.15) is 0 Å². The molecular weight excluding hydrogens is 599 g/mol. The van der Waals surface area contributed by atoms with Crippen LogP contribution in [-0.4, -0.2) is 93.8 Å². The Labute approximate surface area is 247 Å². The van der Waals surface area contributed by atoms with Crippen molar-refractivity contribution in [1.29, 1.82) is 0 Å². The van der Waals surface area contributed by atoms with E-state index >= 15 is 0 Å². The number of rotatable bonds is 8. The third-order valence-corrected chi connectivity index (χ3v) is 12.2. The number of hydrogen-bond acceptors (Lipinski definition) is 8. The zero-order valence-electron chi connectivity index (χ0n) is 23.8. The van der Waals surface area contributed by atoms with Crippen LogP contribution in [0.1, 0.15) is 55.3 Å². The number of aliphatic hydroxyl groups is 3. The van der Waals surface area contributed by atoms with Gasteiger partial charge >= 0.3 is 0 Å². The molecule has 2 aliphatic rings. The number of alkyl halides is 2. The van der Waals surface area contributed by atoms with Crippen LogP contribution in [0.15, 0.2) is 18.3 Å². The van der Waals surface area contributed by atoms with Gasteiger partial charge in [-0.25, -0.2) is 42.2 Å². The Balaban J connectivity index is 1.54. The molecule has 10 nitrogen and oxygen atoms in total. The Morgan fingerprint density at radius 1 is 1.09 bits per heavy atom. The molecule has 3 N–H and O–H groups in total. The average Bonchev–Trinajstić information content (AvgIpc) is 3.60. The first-order chi connectivity index (χ1) is 20.3. The van der Waals surface area contributed by atoms with Crippen LogP contribution in [-0.2, 0) is 11.3 Å². The van der Waals surface area contributed by atoms with Crippen molar-refractivity contribution in [3.63, 3.8) is 0 Å². The van der Waals surface area contributed by atoms with Gasteiger partial charge < -0.3 is 20.1 Å². The molecule has 1 aliphatic carbocycles. The smallest absolute Gasteiger partial charge is 0.248 e. The van der Waals surface area contributed by atoms with Crippen molar-refractivity contribution in [2.24, 2.45) is 0 Å². The number of aliphatic hydroxyl groups excluding tert-OH is 2. The average molecular weight is 635 g/mol. The minimum atomic E-state index is -2.91. The lowest BCUT2D eigenvalue weighted by atomic mass is 9.79. The van der Waals surface area contributed by atoms with Crippen LogP contribution >= 0.6 is 10.9 Å². The van der Waals surface area contributed by atoms with E-state index in [1.165, 1.54) is 18.0 Å². The van der Waals surface area contributed by atoms with Gasteiger partial charge in [-0.1, -0.05) is 10.4 Å². The van der Waals surface area contributed by atoms with Gasteiger partial charge in [0.2, 0.25) is 5.92 Å². The molecule has 0 spiro atoms. The van der Waals surface area contributed by atoms with Crippen LogP contribution < -0.4 is 0 Å². The van der Waals surface area contributed by atoms with Crippen LogP contribution in [0.25, 0.3) is 11.3 Å². The van der Waals surface area contributed by atoms with Gasteiger partial charge in [-0.3, -0.25) is 0 Å². The standard InChI is InChI=1S/C27H35F5N6O4S/c1-4-37-22(14(2)33-35-37)25(26(41)5-7-27(31,32)8-6-26)43-13-19(42-3)23(24(40)20(43)12-39)38-11-18(34-36-38)15-9-16(28)21(30)17(29)10-15/h9-11,19-20,23-25,39-41,43H,4-8,12-13H2,1-3H3/t19-,20+,23+,24-,25?/m0/s1. The lowest BCUT2D eigenvalue weighted by Crippen LogP contribution is -2.54. The molecule has 1 saturated carbocycles. The Kier molecular flexibility index (Phi) is 8.88. The summed E-state index contributed by atoms with van der Waals surface area (Å²) in [7, 11) is -0.139. The molecule has 2 unspecified atom stereocenters. The quantitative estimate of drug-likeness (QED) is 0.169. The molecule has 3 aromatic rings. The fourth-order valence-corrected chi connectivity index (χ4v) is 10.4. The second-order valence-corrected chi connectivity index (χ2v) is 13.9. The first-order valence-corrected chi connectivity index (χ1v) is 15.6. The van der Waals surface area contributed by atoms with Gasteiger partial charge in [-0.05, 0) is 38.8 Å². The molecule has 238 valence electrons. The molecule has 2 aromatic heterocycles. The number of thiol groups is 1. The molecule has 0 radical (unpaired) electrons. The van der Waals surface area contributed by atoms with E-state index in [1.807, 2.05) is 6.92 Å². The molecule has 5 rings (SSSR count). The SMILES string of the molecule is CCn1nnc(C)c1C([SH]1C[C@H](OC)[C@@H](n2cc(-c3cc(F)c(F)c(F)c3)nn2)[C@@H](O)[C@H]1CO)C1(O)CCC(F)(F)CC1. The molecule has 0 amide bonds. The first kappa shape index (κ1) is 31.8. The van der Waals surface area contributed by atoms with Crippen molar-refractivity contribution in [1.82, 2.24) is 30.0 Å². The highest BCUT2D eigenvalue weighted by molar-refractivity contribution is 8.18. The maximum absolute atomic E-state index is 14.3. The van der Waals surface area contributed by atoms with E-state index in [-0.39, 0.29) is 29.9 Å². The maximum atomic E-state index is 14.3. The predicted molar refractivity (Wildman–Crippen MR) is 147 cm³/mol. The number of ether oxygens (including phenoxy) is 1. The Bertz CT molecular complexity index is 1420. The second-order valence-electron chi connectivity index (χ2n) is 11.3. The number of nitrogens with zero attached hydrogens (tertiary/aromatic N) is 6. The molecule has 1 saturated heterocycles. The fraction of sp³-hybridized carbons (Fsp3) is 0.630. The highest BCUT2D eigenvalue weighted by atomic mass is 32.2. The van der Waals surface area contributed by atoms with Crippen molar-refractivity contribution in [2.75, 3.05) is 19.5 Å². The third kappa shape index (κ3) is 5.79. The molecule has 2 fully saturated rings. The molecule has 6 atom stereocenters. The molecule has 0 bridgehead atoms. The van der Waals surface area contributed by atoms with E-state index < -0.39 is 88.1 Å². The molecular formula is C27H35F5N6O4S. The van der Waals surface area contributed by atoms with E-state index in [0.29, 0.717) is 17.9 Å². The minimum Gasteiger partial charge on any atom is -0.395 e. The number of hydrogen-bond donors (Lipinski definition) is 4. The zero-order valence-corrected chi connectivity index (χ0v) is 24.7. The topological polar surface area (TPSA) is 131 Å². The fourth-order valence-electron chi connectivity index (χ4n) is 6.43. The lowest BCUT2D eigenvalue weighted by molar-refractivity contribution is -0.105. The summed E-state index contributed by atoms with van der Waals surface area (Å²) in [5.41, 5.74) is -0.555. The van der Waals surface area contributed by atoms with Crippen LogP contribution in [0.4, 0.5) is 22.0 Å². The van der Waals surface area contributed by atoms with E-state index in [1.54, 1.807) is 11.6 Å². The van der Waals surface area contributed by atoms with E-state index in [0.717, 1.165) is 12.1 Å². The zero-order chi connectivity index (χ0) is 31.3. The van der Waals surface area contributed by atoms with E-state index in [4.69, 9.17) is 4.74 Å². The third-order valence-electron chi connectivity index (χ3n) is 8.72. The van der Waals surface area contributed by atoms with Crippen molar-refractivity contribution in [3.8, 4) is 11.3 Å². The van der Waals surface area contributed by atoms with Gasteiger partial charge in [-0.15, -0.1) is 10.2 Å². The van der Waals surface area contributed by atoms with E-state index in [9.17, 15) is 37.3 Å². The van der Waals surface area contributed by atoms with Crippen molar-refractivity contribution in [2.45, 2.75) is 86.3 Å². The monoisotopic (exact) mass is 634 g/mol. The number of halogens is 5. The Hall–Kier alpha value is -2.66. The van der Waals surface area contributed by atoms with Crippen LogP contribution in [0.2, 0.25) is 0 Å². The summed E-state index contributed by atoms with van der Waals surface area (Å²) < 4.78 is 78.5. The van der Waals surface area contributed by atoms with Gasteiger partial charge in [0, 0.05) is 43.1 Å². The predicted octanol–water partition coefficient (Wildman–Crippen LogP) is 3.26. The summed E-state index contributed by atoms with van der Waals surface area (Å²) in [6.07, 6.45) is -2.12. The van der Waals surface area contributed by atoms with Crippen LogP contribution in [0, 0.1) is 24.4 Å². The van der Waals surface area contributed by atoms with Crippen molar-refractivity contribution >= 4 is 10.9 Å².